The summed E-state index contributed by atoms with van der Waals surface area (Å²) in [6.07, 6.45) is -3.88. The molecule has 8 heteroatoms. The maximum atomic E-state index is 13.2. The zero-order valence-corrected chi connectivity index (χ0v) is 14.7. The van der Waals surface area contributed by atoms with Crippen LogP contribution in [0.1, 0.15) is 31.9 Å². The summed E-state index contributed by atoms with van der Waals surface area (Å²) in [6, 6.07) is 8.72. The van der Waals surface area contributed by atoms with E-state index in [2.05, 4.69) is 9.97 Å². The van der Waals surface area contributed by atoms with Crippen molar-refractivity contribution in [2.24, 2.45) is 5.92 Å². The normalized spacial score (nSPS) is 11.3. The Morgan fingerprint density at radius 3 is 2.62 bits per heavy atom. The molecule has 0 spiro atoms. The molecule has 2 aromatic rings. The van der Waals surface area contributed by atoms with Gasteiger partial charge in [-0.15, -0.1) is 0 Å². The van der Waals surface area contributed by atoms with Crippen molar-refractivity contribution in [3.05, 3.63) is 41.6 Å². The van der Waals surface area contributed by atoms with E-state index >= 15 is 0 Å². The van der Waals surface area contributed by atoms with Gasteiger partial charge < -0.3 is 9.64 Å². The first-order valence-electron chi connectivity index (χ1n) is 8.11. The van der Waals surface area contributed by atoms with Crippen LogP contribution in [0.4, 0.5) is 24.8 Å². The summed E-state index contributed by atoms with van der Waals surface area (Å²) < 4.78 is 44.9. The van der Waals surface area contributed by atoms with Gasteiger partial charge in [-0.25, -0.2) is 4.98 Å². The van der Waals surface area contributed by atoms with Gasteiger partial charge in [0.25, 0.3) is 0 Å². The zero-order valence-electron chi connectivity index (χ0n) is 14.7. The molecule has 138 valence electrons. The highest BCUT2D eigenvalue weighted by atomic mass is 19.4. The highest BCUT2D eigenvalue weighted by Gasteiger charge is 2.36. The molecule has 0 aliphatic carbocycles. The fourth-order valence-electron chi connectivity index (χ4n) is 2.22. The molecule has 0 amide bonds. The van der Waals surface area contributed by atoms with E-state index < -0.39 is 17.6 Å². The van der Waals surface area contributed by atoms with Crippen LogP contribution in [0.5, 0.6) is 5.88 Å². The second-order valence-electron chi connectivity index (χ2n) is 6.00. The SMILES string of the molecule is CCN(c1cccc(C#N)c1)c1ncc(C(F)(F)F)c(OCC(C)C)n1. The molecule has 1 heterocycles. The van der Waals surface area contributed by atoms with E-state index in [0.717, 1.165) is 6.20 Å². The molecule has 0 atom stereocenters. The second-order valence-corrected chi connectivity index (χ2v) is 6.00. The second kappa shape index (κ2) is 8.04. The molecule has 5 nitrogen and oxygen atoms in total. The van der Waals surface area contributed by atoms with Gasteiger partial charge in [-0.3, -0.25) is 0 Å². The number of alkyl halides is 3. The fourth-order valence-corrected chi connectivity index (χ4v) is 2.22. The minimum Gasteiger partial charge on any atom is -0.477 e. The Bertz CT molecular complexity index is 800. The first-order chi connectivity index (χ1) is 12.3. The van der Waals surface area contributed by atoms with Gasteiger partial charge in [0, 0.05) is 18.4 Å². The third-order valence-electron chi connectivity index (χ3n) is 3.44. The number of hydrogen-bond donors (Lipinski definition) is 0. The van der Waals surface area contributed by atoms with Crippen LogP contribution in [0, 0.1) is 17.2 Å². The van der Waals surface area contributed by atoms with Crippen molar-refractivity contribution in [3.63, 3.8) is 0 Å². The van der Waals surface area contributed by atoms with Crippen LogP contribution >= 0.6 is 0 Å². The molecule has 1 aromatic heterocycles. The highest BCUT2D eigenvalue weighted by molar-refractivity contribution is 5.60. The summed E-state index contributed by atoms with van der Waals surface area (Å²) >= 11 is 0. The summed E-state index contributed by atoms with van der Waals surface area (Å²) in [4.78, 5) is 9.49. The Morgan fingerprint density at radius 2 is 2.04 bits per heavy atom. The number of benzene rings is 1. The topological polar surface area (TPSA) is 62.0 Å². The van der Waals surface area contributed by atoms with Gasteiger partial charge in [0.05, 0.1) is 18.2 Å². The average molecular weight is 364 g/mol. The summed E-state index contributed by atoms with van der Waals surface area (Å²) in [6.45, 7) is 6.00. The van der Waals surface area contributed by atoms with Crippen molar-refractivity contribution in [3.8, 4) is 11.9 Å². The number of hydrogen-bond acceptors (Lipinski definition) is 5. The van der Waals surface area contributed by atoms with Crippen LogP contribution in [0.15, 0.2) is 30.5 Å². The molecule has 0 bridgehead atoms. The fraction of sp³-hybridized carbons (Fsp3) is 0.389. The smallest absolute Gasteiger partial charge is 0.423 e. The molecule has 0 aliphatic heterocycles. The predicted molar refractivity (Wildman–Crippen MR) is 91.2 cm³/mol. The lowest BCUT2D eigenvalue weighted by molar-refractivity contribution is -0.139. The maximum Gasteiger partial charge on any atom is 0.423 e. The third kappa shape index (κ3) is 4.63. The quantitative estimate of drug-likeness (QED) is 0.752. The monoisotopic (exact) mass is 364 g/mol. The van der Waals surface area contributed by atoms with Crippen molar-refractivity contribution in [1.29, 1.82) is 5.26 Å². The molecular formula is C18H19F3N4O. The van der Waals surface area contributed by atoms with Gasteiger partial charge in [0.15, 0.2) is 0 Å². The first-order valence-corrected chi connectivity index (χ1v) is 8.11. The van der Waals surface area contributed by atoms with Crippen LogP contribution in [0.25, 0.3) is 0 Å². The number of nitriles is 1. The third-order valence-corrected chi connectivity index (χ3v) is 3.44. The molecule has 0 fully saturated rings. The molecule has 0 aliphatic rings. The molecule has 0 unspecified atom stereocenters. The zero-order chi connectivity index (χ0) is 19.3. The van der Waals surface area contributed by atoms with Crippen LogP contribution in [0.3, 0.4) is 0 Å². The number of anilines is 2. The molecule has 0 N–H and O–H groups in total. The van der Waals surface area contributed by atoms with Gasteiger partial charge in [-0.05, 0) is 31.0 Å². The Labute approximate surface area is 150 Å². The number of rotatable bonds is 6. The molecule has 0 saturated carbocycles. The molecule has 2 rings (SSSR count). The first kappa shape index (κ1) is 19.5. The van der Waals surface area contributed by atoms with E-state index in [4.69, 9.17) is 10.00 Å². The molecule has 1 aromatic carbocycles. The Morgan fingerprint density at radius 1 is 1.31 bits per heavy atom. The lowest BCUT2D eigenvalue weighted by Gasteiger charge is -2.22. The Balaban J connectivity index is 2.46. The van der Waals surface area contributed by atoms with Crippen molar-refractivity contribution < 1.29 is 17.9 Å². The van der Waals surface area contributed by atoms with E-state index in [-0.39, 0.29) is 18.5 Å². The van der Waals surface area contributed by atoms with Gasteiger partial charge in [-0.1, -0.05) is 19.9 Å². The van der Waals surface area contributed by atoms with E-state index in [1.165, 1.54) is 0 Å². The van der Waals surface area contributed by atoms with Gasteiger partial charge in [0.1, 0.15) is 5.56 Å². The van der Waals surface area contributed by atoms with Crippen LogP contribution < -0.4 is 9.64 Å². The number of halogens is 3. The van der Waals surface area contributed by atoms with Gasteiger partial charge in [-0.2, -0.15) is 23.4 Å². The number of nitrogens with zero attached hydrogens (tertiary/aromatic N) is 4. The van der Waals surface area contributed by atoms with Crippen molar-refractivity contribution in [2.75, 3.05) is 18.1 Å². The van der Waals surface area contributed by atoms with Gasteiger partial charge >= 0.3 is 6.18 Å². The van der Waals surface area contributed by atoms with Crippen molar-refractivity contribution in [2.45, 2.75) is 26.9 Å². The van der Waals surface area contributed by atoms with Crippen molar-refractivity contribution in [1.82, 2.24) is 9.97 Å². The van der Waals surface area contributed by atoms with E-state index in [9.17, 15) is 13.2 Å². The predicted octanol–water partition coefficient (Wildman–Crippen LogP) is 4.56. The molecular weight excluding hydrogens is 345 g/mol. The molecule has 0 radical (unpaired) electrons. The molecule has 0 saturated heterocycles. The minimum absolute atomic E-state index is 0.0455. The van der Waals surface area contributed by atoms with E-state index in [1.54, 1.807) is 29.2 Å². The molecule has 26 heavy (non-hydrogen) atoms. The number of aromatic nitrogens is 2. The minimum atomic E-state index is -4.61. The van der Waals surface area contributed by atoms with Crippen LogP contribution in [0.2, 0.25) is 0 Å². The van der Waals surface area contributed by atoms with Crippen molar-refractivity contribution >= 4 is 11.6 Å². The average Bonchev–Trinajstić information content (AvgIpc) is 2.60. The lowest BCUT2D eigenvalue weighted by atomic mass is 10.2. The van der Waals surface area contributed by atoms with Gasteiger partial charge in [0.2, 0.25) is 11.8 Å². The van der Waals surface area contributed by atoms with Crippen LogP contribution in [-0.4, -0.2) is 23.1 Å². The summed E-state index contributed by atoms with van der Waals surface area (Å²) in [5, 5.41) is 9.03. The highest BCUT2D eigenvalue weighted by Crippen LogP contribution is 2.36. The Hall–Kier alpha value is -2.82. The largest absolute Gasteiger partial charge is 0.477 e. The summed E-state index contributed by atoms with van der Waals surface area (Å²) in [5.41, 5.74) is 0.0361. The lowest BCUT2D eigenvalue weighted by Crippen LogP contribution is -2.21. The number of ether oxygens (including phenoxy) is 1. The maximum absolute atomic E-state index is 13.2. The van der Waals surface area contributed by atoms with E-state index in [0.29, 0.717) is 17.8 Å². The standard InChI is InChI=1S/C18H19F3N4O/c1-4-25(14-7-5-6-13(8-14)9-22)17-23-10-15(18(19,20)21)16(24-17)26-11-12(2)3/h5-8,10,12H,4,11H2,1-3H3. The Kier molecular flexibility index (Phi) is 6.03. The summed E-state index contributed by atoms with van der Waals surface area (Å²) in [7, 11) is 0. The summed E-state index contributed by atoms with van der Waals surface area (Å²) in [5.74, 6) is -0.371. The van der Waals surface area contributed by atoms with Crippen LogP contribution in [-0.2, 0) is 6.18 Å². The van der Waals surface area contributed by atoms with E-state index in [1.807, 2.05) is 26.8 Å².